The number of nitrogens with one attached hydrogen (secondary N) is 1. The summed E-state index contributed by atoms with van der Waals surface area (Å²) in [4.78, 5) is 10.6. The Morgan fingerprint density at radius 3 is 2.07 bits per heavy atom. The summed E-state index contributed by atoms with van der Waals surface area (Å²) in [7, 11) is -6.00. The van der Waals surface area contributed by atoms with Crippen molar-refractivity contribution in [2.45, 2.75) is 13.0 Å². The van der Waals surface area contributed by atoms with Crippen LogP contribution < -0.4 is 11.5 Å². The van der Waals surface area contributed by atoms with Crippen LogP contribution >= 0.6 is 0 Å². The zero-order valence-electron chi connectivity index (χ0n) is 8.60. The lowest BCUT2D eigenvalue weighted by atomic mass is 10.2. The molecule has 1 heterocycles. The Bertz CT molecular complexity index is 178. The molecule has 0 radical (unpaired) electrons. The first-order chi connectivity index (χ1) is 6.30. The number of Topliss-reactive ketones (excluding diaryl/α,β-unsaturated/α-hetero) is 1. The summed E-state index contributed by atoms with van der Waals surface area (Å²) in [6.07, 6.45) is -0.196. The second kappa shape index (κ2) is 7.60. The number of carbonyl (C=O) groups is 1. The lowest BCUT2D eigenvalue weighted by molar-refractivity contribution is -0.129. The average molecular weight is 234 g/mol. The van der Waals surface area contributed by atoms with Gasteiger partial charge in [-0.3, -0.25) is 4.79 Å². The first-order valence-electron chi connectivity index (χ1n) is 4.01. The van der Waals surface area contributed by atoms with E-state index in [-0.39, 0.29) is 18.0 Å². The van der Waals surface area contributed by atoms with E-state index in [1.54, 1.807) is 6.92 Å². The van der Waals surface area contributed by atoms with E-state index < -0.39 is 7.25 Å². The molecule has 1 fully saturated rings. The number of ketones is 1. The van der Waals surface area contributed by atoms with Gasteiger partial charge in [0.15, 0.2) is 5.78 Å². The number of hydrogen-bond acceptors (Lipinski definition) is 3. The van der Waals surface area contributed by atoms with Gasteiger partial charge in [0.1, 0.15) is 6.10 Å². The van der Waals surface area contributed by atoms with Gasteiger partial charge < -0.3 is 33.5 Å². The molecule has 1 rings (SSSR count). The molecule has 92 valence electrons. The Hall–Kier alpha value is -0.665. The van der Waals surface area contributed by atoms with Crippen LogP contribution in [0.15, 0.2) is 0 Å². The molecule has 15 heavy (non-hydrogen) atoms. The van der Waals surface area contributed by atoms with Crippen LogP contribution in [0.1, 0.15) is 6.92 Å². The van der Waals surface area contributed by atoms with Crippen LogP contribution in [0, 0.1) is 0 Å². The SMILES string of the molecule is CC(=O)C1CNCCO1.F[B-](F)(F)F.[NH4+]. The zero-order chi connectivity index (χ0) is 11.2. The Morgan fingerprint density at radius 2 is 1.87 bits per heavy atom. The maximum Gasteiger partial charge on any atom is 0.673 e. The van der Waals surface area contributed by atoms with Crippen LogP contribution in [0.25, 0.3) is 0 Å². The quantitative estimate of drug-likeness (QED) is 0.529. The molecule has 1 unspecified atom stereocenters. The Kier molecular flexibility index (Phi) is 8.49. The molecular formula is C6H15BF4N2O2. The van der Waals surface area contributed by atoms with E-state index in [2.05, 4.69) is 5.32 Å². The van der Waals surface area contributed by atoms with E-state index in [9.17, 15) is 22.1 Å². The smallest absolute Gasteiger partial charge is 0.418 e. The highest BCUT2D eigenvalue weighted by Gasteiger charge is 2.20. The topological polar surface area (TPSA) is 74.8 Å². The number of halogens is 4. The van der Waals surface area contributed by atoms with Crippen molar-refractivity contribution in [3.63, 3.8) is 0 Å². The minimum atomic E-state index is -6.00. The zero-order valence-corrected chi connectivity index (χ0v) is 8.60. The molecule has 0 amide bonds. The predicted octanol–water partition coefficient (Wildman–Crippen LogP) is 1.24. The highest BCUT2D eigenvalue weighted by atomic mass is 19.5. The fourth-order valence-corrected chi connectivity index (χ4v) is 0.827. The number of rotatable bonds is 1. The van der Waals surface area contributed by atoms with E-state index in [0.717, 1.165) is 6.54 Å². The number of morpholine rings is 1. The predicted molar refractivity (Wildman–Crippen MR) is 49.5 cm³/mol. The highest BCUT2D eigenvalue weighted by molar-refractivity contribution is 6.50. The normalized spacial score (nSPS) is 20.7. The number of carbonyl (C=O) groups excluding carboxylic acids is 1. The van der Waals surface area contributed by atoms with E-state index in [1.165, 1.54) is 0 Å². The monoisotopic (exact) mass is 234 g/mol. The largest absolute Gasteiger partial charge is 0.673 e. The third-order valence-corrected chi connectivity index (χ3v) is 1.38. The fourth-order valence-electron chi connectivity index (χ4n) is 0.827. The first kappa shape index (κ1) is 16.8. The molecule has 4 nitrogen and oxygen atoms in total. The maximum atomic E-state index is 10.6. The van der Waals surface area contributed by atoms with E-state index in [0.29, 0.717) is 13.2 Å². The van der Waals surface area contributed by atoms with Crippen LogP contribution in [0.5, 0.6) is 0 Å². The molecule has 0 aromatic heterocycles. The lowest BCUT2D eigenvalue weighted by Crippen LogP contribution is -2.42. The number of ether oxygens (including phenoxy) is 1. The van der Waals surface area contributed by atoms with Crippen LogP contribution in [0.3, 0.4) is 0 Å². The van der Waals surface area contributed by atoms with E-state index >= 15 is 0 Å². The minimum Gasteiger partial charge on any atom is -0.418 e. The van der Waals surface area contributed by atoms with Gasteiger partial charge in [-0.2, -0.15) is 0 Å². The van der Waals surface area contributed by atoms with Crippen LogP contribution in [0.4, 0.5) is 17.3 Å². The van der Waals surface area contributed by atoms with E-state index in [4.69, 9.17) is 4.74 Å². The molecule has 0 bridgehead atoms. The molecule has 0 aromatic rings. The van der Waals surface area contributed by atoms with Crippen molar-refractivity contribution in [1.82, 2.24) is 11.5 Å². The van der Waals surface area contributed by atoms with Gasteiger partial charge in [-0.1, -0.05) is 0 Å². The van der Waals surface area contributed by atoms with Crippen molar-refractivity contribution < 1.29 is 26.8 Å². The molecule has 5 N–H and O–H groups in total. The summed E-state index contributed by atoms with van der Waals surface area (Å²) in [6.45, 7) is 3.75. The van der Waals surface area contributed by atoms with Crippen LogP contribution in [0.2, 0.25) is 0 Å². The second-order valence-corrected chi connectivity index (χ2v) is 2.67. The van der Waals surface area contributed by atoms with E-state index in [1.807, 2.05) is 0 Å². The number of hydrogen-bond donors (Lipinski definition) is 2. The molecule has 0 saturated carbocycles. The summed E-state index contributed by atoms with van der Waals surface area (Å²) in [5.41, 5.74) is 0. The van der Waals surface area contributed by atoms with Gasteiger partial charge in [0, 0.05) is 13.1 Å². The van der Waals surface area contributed by atoms with Crippen molar-refractivity contribution in [3.05, 3.63) is 0 Å². The van der Waals surface area contributed by atoms with Gasteiger partial charge in [0.25, 0.3) is 0 Å². The van der Waals surface area contributed by atoms with Crippen molar-refractivity contribution in [1.29, 1.82) is 0 Å². The summed E-state index contributed by atoms with van der Waals surface area (Å²) in [5.74, 6) is 0.113. The van der Waals surface area contributed by atoms with Gasteiger partial charge in [-0.25, -0.2) is 0 Å². The van der Waals surface area contributed by atoms with Gasteiger partial charge in [-0.15, -0.1) is 0 Å². The van der Waals surface area contributed by atoms with Crippen molar-refractivity contribution >= 4 is 13.0 Å². The third kappa shape index (κ3) is 13.3. The third-order valence-electron chi connectivity index (χ3n) is 1.38. The van der Waals surface area contributed by atoms with Gasteiger partial charge in [-0.05, 0) is 6.92 Å². The molecule has 0 spiro atoms. The molecule has 0 aromatic carbocycles. The Labute approximate surface area is 85.0 Å². The van der Waals surface area contributed by atoms with Gasteiger partial charge in [0.05, 0.1) is 6.61 Å². The molecule has 1 aliphatic rings. The second-order valence-electron chi connectivity index (χ2n) is 2.67. The van der Waals surface area contributed by atoms with Crippen LogP contribution in [-0.2, 0) is 9.53 Å². The Morgan fingerprint density at radius 1 is 1.40 bits per heavy atom. The summed E-state index contributed by atoms with van der Waals surface area (Å²) in [6, 6.07) is 0. The van der Waals surface area contributed by atoms with Gasteiger partial charge in [0.2, 0.25) is 0 Å². The maximum absolute atomic E-state index is 10.6. The molecule has 1 aliphatic heterocycles. The molecular weight excluding hydrogens is 219 g/mol. The Balaban J connectivity index is 0. The van der Waals surface area contributed by atoms with Gasteiger partial charge >= 0.3 is 7.25 Å². The fraction of sp³-hybridized carbons (Fsp3) is 0.833. The standard InChI is InChI=1S/C6H11NO2.BF4.H3N/c1-5(8)6-4-7-2-3-9-6;2-1(3,4)5;/h6-7H,2-4H2,1H3;;1H3/q;-1;/p+1. The average Bonchev–Trinajstić information content (AvgIpc) is 2.03. The molecule has 1 atom stereocenters. The van der Waals surface area contributed by atoms with Crippen molar-refractivity contribution in [2.24, 2.45) is 0 Å². The number of quaternary nitrogens is 1. The molecule has 1 saturated heterocycles. The van der Waals surface area contributed by atoms with Crippen molar-refractivity contribution in [3.8, 4) is 0 Å². The summed E-state index contributed by atoms with van der Waals surface area (Å²) < 4.78 is 44.1. The lowest BCUT2D eigenvalue weighted by Gasteiger charge is -2.20. The summed E-state index contributed by atoms with van der Waals surface area (Å²) in [5, 5.41) is 3.07. The molecule has 0 aliphatic carbocycles. The summed E-state index contributed by atoms with van der Waals surface area (Å²) >= 11 is 0. The van der Waals surface area contributed by atoms with Crippen molar-refractivity contribution in [2.75, 3.05) is 19.7 Å². The minimum absolute atomic E-state index is 0. The molecule has 9 heteroatoms. The van der Waals surface area contributed by atoms with Crippen LogP contribution in [-0.4, -0.2) is 38.8 Å². The highest BCUT2D eigenvalue weighted by Crippen LogP contribution is 2.06. The first-order valence-corrected chi connectivity index (χ1v) is 4.01.